The highest BCUT2D eigenvalue weighted by atomic mass is 35.5. The largest absolute Gasteiger partial charge is 0.300 e. The number of carbonyl (C=O) groups is 1. The summed E-state index contributed by atoms with van der Waals surface area (Å²) in [5.41, 5.74) is 0. The number of carbonyl (C=O) groups excluding carboxylic acids is 1. The van der Waals surface area contributed by atoms with Crippen LogP contribution in [-0.2, 0) is 14.8 Å². The van der Waals surface area contributed by atoms with Crippen LogP contribution in [0.4, 0.5) is 0 Å². The van der Waals surface area contributed by atoms with E-state index in [0.29, 0.717) is 17.3 Å². The Bertz CT molecular complexity index is 552. The molecule has 7 heteroatoms. The number of hydrogen-bond acceptors (Lipinski definition) is 4. The molecule has 100 valence electrons. The molecule has 1 aromatic heterocycles. The van der Waals surface area contributed by atoms with E-state index in [0.717, 1.165) is 24.2 Å². The maximum atomic E-state index is 12.4. The van der Waals surface area contributed by atoms with Gasteiger partial charge in [0, 0.05) is 19.0 Å². The Hall–Kier alpha value is -0.430. The average molecular weight is 308 g/mol. The summed E-state index contributed by atoms with van der Waals surface area (Å²) >= 11 is 6.83. The number of hydrogen-bond donors (Lipinski definition) is 0. The van der Waals surface area contributed by atoms with E-state index in [2.05, 4.69) is 0 Å². The second-order valence-electron chi connectivity index (χ2n) is 4.38. The van der Waals surface area contributed by atoms with Gasteiger partial charge < -0.3 is 0 Å². The molecule has 1 aliphatic heterocycles. The Labute approximate surface area is 116 Å². The second kappa shape index (κ2) is 5.28. The fourth-order valence-electron chi connectivity index (χ4n) is 2.21. The van der Waals surface area contributed by atoms with Gasteiger partial charge in [0.2, 0.25) is 0 Å². The van der Waals surface area contributed by atoms with Crippen molar-refractivity contribution in [3.63, 3.8) is 0 Å². The first-order chi connectivity index (χ1) is 8.41. The molecule has 18 heavy (non-hydrogen) atoms. The molecule has 1 atom stereocenters. The molecule has 0 radical (unpaired) electrons. The fraction of sp³-hybridized carbons (Fsp3) is 0.545. The van der Waals surface area contributed by atoms with Gasteiger partial charge in [-0.25, -0.2) is 8.42 Å². The van der Waals surface area contributed by atoms with E-state index in [1.165, 1.54) is 17.3 Å². The fourth-order valence-corrected chi connectivity index (χ4v) is 5.52. The van der Waals surface area contributed by atoms with Crippen molar-refractivity contribution in [3.05, 3.63) is 16.5 Å². The Kier molecular flexibility index (Phi) is 4.11. The van der Waals surface area contributed by atoms with E-state index in [-0.39, 0.29) is 16.0 Å². The summed E-state index contributed by atoms with van der Waals surface area (Å²) in [5, 5.41) is 0. The minimum absolute atomic E-state index is 0.0197. The molecule has 1 aromatic rings. The minimum atomic E-state index is -3.50. The monoisotopic (exact) mass is 307 g/mol. The van der Waals surface area contributed by atoms with Gasteiger partial charge in [-0.3, -0.25) is 4.79 Å². The average Bonchev–Trinajstić information content (AvgIpc) is 2.86. The van der Waals surface area contributed by atoms with Crippen molar-refractivity contribution in [1.29, 1.82) is 0 Å². The molecule has 1 aliphatic rings. The molecule has 1 unspecified atom stereocenters. The maximum Gasteiger partial charge on any atom is 0.252 e. The first-order valence-corrected chi connectivity index (χ1v) is 8.31. The number of halogens is 1. The van der Waals surface area contributed by atoms with E-state index >= 15 is 0 Å². The van der Waals surface area contributed by atoms with Crippen molar-refractivity contribution < 1.29 is 13.2 Å². The summed E-state index contributed by atoms with van der Waals surface area (Å²) in [5.74, 6) is 0.0197. The van der Waals surface area contributed by atoms with Crippen LogP contribution in [0.25, 0.3) is 0 Å². The molecule has 0 N–H and O–H groups in total. The molecule has 2 rings (SSSR count). The predicted octanol–water partition coefficient (Wildman–Crippen LogP) is 2.53. The van der Waals surface area contributed by atoms with Crippen molar-refractivity contribution in [2.24, 2.45) is 0 Å². The number of thiophene rings is 1. The second-order valence-corrected chi connectivity index (χ2v) is 8.21. The van der Waals surface area contributed by atoms with E-state index in [9.17, 15) is 13.2 Å². The normalized spacial score (nSPS) is 21.3. The molecule has 0 spiro atoms. The quantitative estimate of drug-likeness (QED) is 0.859. The van der Waals surface area contributed by atoms with Crippen LogP contribution in [0.1, 0.15) is 26.2 Å². The Morgan fingerprint density at radius 1 is 1.56 bits per heavy atom. The third-order valence-electron chi connectivity index (χ3n) is 2.96. The summed E-state index contributed by atoms with van der Waals surface area (Å²) in [6.07, 6.45) is 1.84. The van der Waals surface area contributed by atoms with Crippen molar-refractivity contribution in [2.75, 3.05) is 6.54 Å². The van der Waals surface area contributed by atoms with E-state index in [1.807, 2.05) is 0 Å². The summed E-state index contributed by atoms with van der Waals surface area (Å²) < 4.78 is 27.0. The lowest BCUT2D eigenvalue weighted by atomic mass is 10.1. The third-order valence-corrected chi connectivity index (χ3v) is 6.61. The van der Waals surface area contributed by atoms with Crippen molar-refractivity contribution in [2.45, 2.75) is 36.4 Å². The first kappa shape index (κ1) is 14.0. The summed E-state index contributed by atoms with van der Waals surface area (Å²) in [4.78, 5) is 11.2. The number of Topliss-reactive ketones (excluding diaryl/α,β-unsaturated/α-hetero) is 1. The maximum absolute atomic E-state index is 12.4. The topological polar surface area (TPSA) is 54.5 Å². The minimum Gasteiger partial charge on any atom is -0.300 e. The highest BCUT2D eigenvalue weighted by Crippen LogP contribution is 2.32. The summed E-state index contributed by atoms with van der Waals surface area (Å²) in [6, 6.07) is 2.90. The molecule has 0 bridgehead atoms. The smallest absolute Gasteiger partial charge is 0.252 e. The number of nitrogens with zero attached hydrogens (tertiary/aromatic N) is 1. The lowest BCUT2D eigenvalue weighted by Gasteiger charge is -2.22. The molecular weight excluding hydrogens is 294 g/mol. The third kappa shape index (κ3) is 2.77. The van der Waals surface area contributed by atoms with Crippen LogP contribution < -0.4 is 0 Å². The van der Waals surface area contributed by atoms with Crippen LogP contribution in [0.2, 0.25) is 4.34 Å². The summed E-state index contributed by atoms with van der Waals surface area (Å²) in [7, 11) is -3.50. The van der Waals surface area contributed by atoms with Crippen molar-refractivity contribution in [3.8, 4) is 0 Å². The van der Waals surface area contributed by atoms with Gasteiger partial charge in [-0.1, -0.05) is 11.6 Å². The number of rotatable bonds is 4. The van der Waals surface area contributed by atoms with Gasteiger partial charge in [-0.05, 0) is 31.9 Å². The number of sulfonamides is 1. The standard InChI is InChI=1S/C11H14ClNO3S2/c1-8(14)7-9-3-2-6-13(9)18(15,16)11-5-4-10(12)17-11/h4-5,9H,2-3,6-7H2,1H3. The molecule has 2 heterocycles. The molecule has 0 aliphatic carbocycles. The van der Waals surface area contributed by atoms with Gasteiger partial charge in [-0.15, -0.1) is 11.3 Å². The van der Waals surface area contributed by atoms with E-state index < -0.39 is 10.0 Å². The van der Waals surface area contributed by atoms with Crippen LogP contribution in [0.3, 0.4) is 0 Å². The molecule has 4 nitrogen and oxygen atoms in total. The Morgan fingerprint density at radius 3 is 2.83 bits per heavy atom. The SMILES string of the molecule is CC(=O)CC1CCCN1S(=O)(=O)c1ccc(Cl)s1. The van der Waals surface area contributed by atoms with E-state index in [4.69, 9.17) is 11.6 Å². The predicted molar refractivity (Wildman–Crippen MR) is 71.5 cm³/mol. The van der Waals surface area contributed by atoms with Gasteiger partial charge in [0.25, 0.3) is 10.0 Å². The highest BCUT2D eigenvalue weighted by molar-refractivity contribution is 7.91. The highest BCUT2D eigenvalue weighted by Gasteiger charge is 2.36. The zero-order chi connectivity index (χ0) is 13.3. The van der Waals surface area contributed by atoms with Crippen molar-refractivity contribution in [1.82, 2.24) is 4.31 Å². The van der Waals surface area contributed by atoms with Crippen LogP contribution in [0.5, 0.6) is 0 Å². The lowest BCUT2D eigenvalue weighted by Crippen LogP contribution is -2.36. The number of ketones is 1. The Balaban J connectivity index is 2.26. The lowest BCUT2D eigenvalue weighted by molar-refractivity contribution is -0.117. The van der Waals surface area contributed by atoms with Gasteiger partial charge in [0.15, 0.2) is 0 Å². The van der Waals surface area contributed by atoms with Crippen LogP contribution in [-0.4, -0.2) is 31.1 Å². The van der Waals surface area contributed by atoms with Crippen LogP contribution in [0.15, 0.2) is 16.3 Å². The Morgan fingerprint density at radius 2 is 2.28 bits per heavy atom. The van der Waals surface area contributed by atoms with Crippen LogP contribution >= 0.6 is 22.9 Å². The zero-order valence-corrected chi connectivity index (χ0v) is 12.3. The molecule has 1 saturated heterocycles. The van der Waals surface area contributed by atoms with Gasteiger partial charge >= 0.3 is 0 Å². The summed E-state index contributed by atoms with van der Waals surface area (Å²) in [6.45, 7) is 1.97. The zero-order valence-electron chi connectivity index (χ0n) is 9.93. The molecule has 0 amide bonds. The molecule has 0 aromatic carbocycles. The molecule has 0 saturated carbocycles. The first-order valence-electron chi connectivity index (χ1n) is 5.68. The van der Waals surface area contributed by atoms with Gasteiger partial charge in [-0.2, -0.15) is 4.31 Å². The molecule has 1 fully saturated rings. The van der Waals surface area contributed by atoms with E-state index in [1.54, 1.807) is 6.07 Å². The van der Waals surface area contributed by atoms with Gasteiger partial charge in [0.1, 0.15) is 9.99 Å². The molecular formula is C11H14ClNO3S2. The van der Waals surface area contributed by atoms with Crippen molar-refractivity contribution >= 4 is 38.7 Å². The van der Waals surface area contributed by atoms with Crippen LogP contribution in [0, 0.1) is 0 Å². The van der Waals surface area contributed by atoms with Gasteiger partial charge in [0.05, 0.1) is 4.34 Å².